The van der Waals surface area contributed by atoms with Gasteiger partial charge in [-0.1, -0.05) is 0 Å². The van der Waals surface area contributed by atoms with Crippen molar-refractivity contribution in [3.8, 4) is 0 Å². The van der Waals surface area contributed by atoms with E-state index in [-0.39, 0.29) is 0 Å². The van der Waals surface area contributed by atoms with E-state index in [1.807, 2.05) is 13.8 Å². The molecule has 0 radical (unpaired) electrons. The Kier molecular flexibility index (Phi) is 6.12. The normalized spacial score (nSPS) is 14.0. The second-order valence-electron chi connectivity index (χ2n) is 3.51. The monoisotopic (exact) mass is 261 g/mol. The van der Waals surface area contributed by atoms with Gasteiger partial charge in [-0.3, -0.25) is 0 Å². The van der Waals surface area contributed by atoms with E-state index in [1.165, 1.54) is 24.7 Å². The van der Waals surface area contributed by atoms with Gasteiger partial charge in [0.1, 0.15) is 0 Å². The van der Waals surface area contributed by atoms with Gasteiger partial charge in [-0.15, -0.1) is 0 Å². The molecule has 3 heteroatoms. The third-order valence-electron chi connectivity index (χ3n) is 2.93. The molecule has 0 saturated heterocycles. The maximum absolute atomic E-state index is 11.2. The number of carboxylic acid groups (broad SMARTS) is 1. The Labute approximate surface area is 95.9 Å². The Bertz CT molecular complexity index is 164. The van der Waals surface area contributed by atoms with E-state index in [4.69, 9.17) is 0 Å². The van der Waals surface area contributed by atoms with E-state index in [2.05, 4.69) is 6.92 Å². The van der Waals surface area contributed by atoms with Crippen molar-refractivity contribution >= 4 is 5.97 Å². The summed E-state index contributed by atoms with van der Waals surface area (Å²) in [7, 11) is 0. The van der Waals surface area contributed by atoms with Gasteiger partial charge >= 0.3 is 96.1 Å². The molecule has 1 unspecified atom stereocenters. The molecule has 75 valence electrons. The summed E-state index contributed by atoms with van der Waals surface area (Å²) >= 11 is 1.37. The Hall–Kier alpha value is 0.353. The molecule has 0 aromatic heterocycles. The Morgan fingerprint density at radius 2 is 1.85 bits per heavy atom. The number of hydrogen-bond donors (Lipinski definition) is 1. The summed E-state index contributed by atoms with van der Waals surface area (Å²) < 4.78 is 0.372. The molecule has 0 fully saturated rings. The summed E-state index contributed by atoms with van der Waals surface area (Å²) in [5.74, 6) is -0.604. The molecule has 0 aliphatic carbocycles. The van der Waals surface area contributed by atoms with Crippen LogP contribution in [0.3, 0.4) is 0 Å². The van der Waals surface area contributed by atoms with Crippen LogP contribution in [0.15, 0.2) is 0 Å². The molecule has 1 atom stereocenters. The first-order chi connectivity index (χ1) is 6.05. The van der Waals surface area contributed by atoms with E-state index in [1.54, 1.807) is 0 Å². The first-order valence-electron chi connectivity index (χ1n) is 4.99. The Morgan fingerprint density at radius 1 is 1.38 bits per heavy atom. The van der Waals surface area contributed by atoms with Gasteiger partial charge in [0.25, 0.3) is 0 Å². The van der Waals surface area contributed by atoms with Crippen molar-refractivity contribution in [1.82, 2.24) is 0 Å². The molecule has 0 spiro atoms. The second kappa shape index (κ2) is 5.95. The fourth-order valence-electron chi connectivity index (χ4n) is 1.76. The quantitative estimate of drug-likeness (QED) is 0.799. The molecule has 0 aromatic rings. The fraction of sp³-hybridized carbons (Fsp3) is 0.900. The van der Waals surface area contributed by atoms with Crippen molar-refractivity contribution in [2.24, 2.45) is 5.41 Å². The number of carboxylic acids is 1. The first kappa shape index (κ1) is 13.4. The van der Waals surface area contributed by atoms with Gasteiger partial charge in [0.05, 0.1) is 0 Å². The van der Waals surface area contributed by atoms with Gasteiger partial charge in [-0.2, -0.15) is 0 Å². The summed E-state index contributed by atoms with van der Waals surface area (Å²) in [6.07, 6.45) is 3.65. The van der Waals surface area contributed by atoms with Crippen LogP contribution in [0, 0.1) is 5.41 Å². The van der Waals surface area contributed by atoms with E-state index >= 15 is 0 Å². The third-order valence-corrected chi connectivity index (χ3v) is 5.00. The first-order valence-corrected chi connectivity index (χ1v) is 6.41. The van der Waals surface area contributed by atoms with E-state index in [9.17, 15) is 9.90 Å². The second-order valence-corrected chi connectivity index (χ2v) is 5.22. The maximum atomic E-state index is 11.2. The fourth-order valence-corrected chi connectivity index (χ4v) is 3.78. The number of rotatable bonds is 6. The Morgan fingerprint density at radius 3 is 2.08 bits per heavy atom. The minimum absolute atomic E-state index is 0.372. The average molecular weight is 262 g/mol. The van der Waals surface area contributed by atoms with Crippen LogP contribution in [-0.4, -0.2) is 11.1 Å². The average Bonchev–Trinajstić information content (AvgIpc) is 2.07. The van der Waals surface area contributed by atoms with Crippen LogP contribution >= 0.6 is 0 Å². The van der Waals surface area contributed by atoms with Gasteiger partial charge in [0.15, 0.2) is 0 Å². The molecule has 0 aromatic carbocycles. The van der Waals surface area contributed by atoms with Gasteiger partial charge in [0.2, 0.25) is 0 Å². The molecular formula is C10H19O2Zr. The molecule has 0 saturated carbocycles. The molecule has 2 nitrogen and oxygen atoms in total. The van der Waals surface area contributed by atoms with E-state index in [0.29, 0.717) is 3.63 Å². The van der Waals surface area contributed by atoms with Gasteiger partial charge in [0, 0.05) is 0 Å². The summed E-state index contributed by atoms with van der Waals surface area (Å²) in [6, 6.07) is 0. The zero-order chi connectivity index (χ0) is 10.5. The molecule has 0 amide bonds. The molecule has 1 N–H and O–H groups in total. The molecule has 0 bridgehead atoms. The summed E-state index contributed by atoms with van der Waals surface area (Å²) in [4.78, 5) is 11.2. The predicted molar refractivity (Wildman–Crippen MR) is 49.3 cm³/mol. The van der Waals surface area contributed by atoms with Crippen molar-refractivity contribution in [3.63, 3.8) is 0 Å². The zero-order valence-electron chi connectivity index (χ0n) is 8.76. The van der Waals surface area contributed by atoms with Crippen LogP contribution in [-0.2, 0) is 29.5 Å². The standard InChI is InChI=1S/C10H19O2.Zr/c1-4-7-8-10(5-2,6-3)9(11)12;/h8H,4-7H2,1-3H3,(H,11,12);. The number of carbonyl (C=O) groups is 1. The summed E-state index contributed by atoms with van der Waals surface area (Å²) in [6.45, 7) is 6.10. The van der Waals surface area contributed by atoms with Crippen LogP contribution in [0.5, 0.6) is 0 Å². The van der Waals surface area contributed by atoms with E-state index < -0.39 is 11.4 Å². The van der Waals surface area contributed by atoms with Crippen LogP contribution < -0.4 is 0 Å². The van der Waals surface area contributed by atoms with Crippen LogP contribution in [0.25, 0.3) is 0 Å². The molecule has 0 rings (SSSR count). The van der Waals surface area contributed by atoms with Crippen LogP contribution in [0.4, 0.5) is 0 Å². The topological polar surface area (TPSA) is 37.3 Å². The molecule has 0 aliphatic heterocycles. The molecule has 0 heterocycles. The van der Waals surface area contributed by atoms with Crippen molar-refractivity contribution in [2.45, 2.75) is 50.1 Å². The summed E-state index contributed by atoms with van der Waals surface area (Å²) in [5, 5.41) is 9.24. The number of hydrogen-bond acceptors (Lipinski definition) is 1. The van der Waals surface area contributed by atoms with Crippen molar-refractivity contribution < 1.29 is 34.6 Å². The molecule has 13 heavy (non-hydrogen) atoms. The molecule has 0 aliphatic rings. The van der Waals surface area contributed by atoms with Gasteiger partial charge in [-0.05, 0) is 0 Å². The zero-order valence-corrected chi connectivity index (χ0v) is 11.2. The van der Waals surface area contributed by atoms with E-state index in [0.717, 1.165) is 25.7 Å². The van der Waals surface area contributed by atoms with Crippen LogP contribution in [0.2, 0.25) is 3.63 Å². The summed E-state index contributed by atoms with van der Waals surface area (Å²) in [5.41, 5.74) is -0.450. The van der Waals surface area contributed by atoms with Gasteiger partial charge in [-0.25, -0.2) is 0 Å². The predicted octanol–water partition coefficient (Wildman–Crippen LogP) is 3.01. The van der Waals surface area contributed by atoms with Crippen molar-refractivity contribution in [3.05, 3.63) is 0 Å². The van der Waals surface area contributed by atoms with Crippen LogP contribution in [0.1, 0.15) is 46.5 Å². The van der Waals surface area contributed by atoms with Crippen molar-refractivity contribution in [2.75, 3.05) is 0 Å². The minimum atomic E-state index is -0.604. The SMILES string of the molecule is CCC[CH]([Zr])C(CC)(CC)C(=O)O. The molecular weight excluding hydrogens is 243 g/mol. The van der Waals surface area contributed by atoms with Gasteiger partial charge < -0.3 is 0 Å². The Balaban J connectivity index is 4.64. The number of aliphatic carboxylic acids is 1. The van der Waals surface area contributed by atoms with Crippen molar-refractivity contribution in [1.29, 1.82) is 0 Å². The third kappa shape index (κ3) is 2.90.